The van der Waals surface area contributed by atoms with Gasteiger partial charge >= 0.3 is 0 Å². The molecule has 2 unspecified atom stereocenters. The first-order valence-corrected chi connectivity index (χ1v) is 13.8. The number of unbranched alkanes of at least 4 members (excludes halogenated alkanes) is 1. The molecule has 7 heteroatoms. The lowest BCUT2D eigenvalue weighted by Gasteiger charge is -2.19. The van der Waals surface area contributed by atoms with E-state index in [1.165, 1.54) is 18.4 Å². The molecule has 1 aromatic carbocycles. The molecule has 38 heavy (non-hydrogen) atoms. The van der Waals surface area contributed by atoms with Crippen molar-refractivity contribution >= 4 is 11.6 Å². The van der Waals surface area contributed by atoms with E-state index in [1.54, 1.807) is 12.3 Å². The monoisotopic (exact) mass is 521 g/mol. The summed E-state index contributed by atoms with van der Waals surface area (Å²) in [7, 11) is 1.98. The third kappa shape index (κ3) is 10.5. The summed E-state index contributed by atoms with van der Waals surface area (Å²) in [4.78, 5) is 15.5. The van der Waals surface area contributed by atoms with Gasteiger partial charge in [0.15, 0.2) is 0 Å². The number of benzene rings is 1. The smallest absolute Gasteiger partial charge is 0.248 e. The zero-order valence-corrected chi connectivity index (χ0v) is 24.3. The van der Waals surface area contributed by atoms with Gasteiger partial charge in [0.05, 0.1) is 18.4 Å². The highest BCUT2D eigenvalue weighted by molar-refractivity contribution is 6.06. The van der Waals surface area contributed by atoms with E-state index in [0.29, 0.717) is 5.57 Å². The quantitative estimate of drug-likeness (QED) is 0.407. The van der Waals surface area contributed by atoms with E-state index in [-0.39, 0.29) is 12.0 Å². The largest absolute Gasteiger partial charge is 0.494 e. The number of nitrogens with zero attached hydrogens (tertiary/aromatic N) is 2. The molecule has 4 N–H and O–H groups in total. The molecule has 7 nitrogen and oxygen atoms in total. The van der Waals surface area contributed by atoms with Crippen molar-refractivity contribution in [2.45, 2.75) is 66.8 Å². The Morgan fingerprint density at radius 3 is 2.47 bits per heavy atom. The van der Waals surface area contributed by atoms with Crippen LogP contribution in [0.15, 0.2) is 71.5 Å². The highest BCUT2D eigenvalue weighted by Crippen LogP contribution is 2.26. The fraction of sp³-hybridized carbons (Fsp3) is 0.452. The van der Waals surface area contributed by atoms with Crippen molar-refractivity contribution in [1.82, 2.24) is 15.7 Å². The van der Waals surface area contributed by atoms with Gasteiger partial charge in [-0.3, -0.25) is 9.78 Å². The predicted molar refractivity (Wildman–Crippen MR) is 160 cm³/mol. The summed E-state index contributed by atoms with van der Waals surface area (Å²) >= 11 is 0. The van der Waals surface area contributed by atoms with Crippen molar-refractivity contribution in [2.75, 3.05) is 20.2 Å². The molecule has 0 spiro atoms. The van der Waals surface area contributed by atoms with Crippen molar-refractivity contribution in [3.05, 3.63) is 83.2 Å². The molecule has 1 aromatic heterocycles. The van der Waals surface area contributed by atoms with E-state index < -0.39 is 5.91 Å². The summed E-state index contributed by atoms with van der Waals surface area (Å²) in [6.45, 7) is 14.2. The number of hydrogen-bond acceptors (Lipinski definition) is 6. The Morgan fingerprint density at radius 1 is 1.16 bits per heavy atom. The zero-order chi connectivity index (χ0) is 28.3. The van der Waals surface area contributed by atoms with Gasteiger partial charge in [0.25, 0.3) is 0 Å². The third-order valence-corrected chi connectivity index (χ3v) is 5.79. The van der Waals surface area contributed by atoms with Gasteiger partial charge in [0, 0.05) is 28.9 Å². The van der Waals surface area contributed by atoms with Crippen LogP contribution in [0.5, 0.6) is 5.75 Å². The number of hydrazone groups is 1. The van der Waals surface area contributed by atoms with Crippen LogP contribution in [0.4, 0.5) is 0 Å². The minimum absolute atomic E-state index is 0.0364. The van der Waals surface area contributed by atoms with Crippen LogP contribution in [0.25, 0.3) is 0 Å². The normalized spacial score (nSPS) is 16.5. The first kappa shape index (κ1) is 32.6. The number of carbonyl (C=O) groups is 1. The highest BCUT2D eigenvalue weighted by atomic mass is 16.5. The summed E-state index contributed by atoms with van der Waals surface area (Å²) in [6.07, 6.45) is 10.9. The number of nitrogens with two attached hydrogens (primary N) is 1. The number of para-hydroxylation sites is 1. The summed E-state index contributed by atoms with van der Waals surface area (Å²) in [5.41, 5.74) is 13.1. The van der Waals surface area contributed by atoms with Crippen LogP contribution in [-0.4, -0.2) is 42.8 Å². The van der Waals surface area contributed by atoms with Crippen molar-refractivity contribution in [3.8, 4) is 5.75 Å². The minimum Gasteiger partial charge on any atom is -0.494 e. The molecule has 2 atom stereocenters. The molecule has 0 saturated carbocycles. The summed E-state index contributed by atoms with van der Waals surface area (Å²) in [5.74, 6) is 0.652. The molecule has 2 aliphatic rings. The molecule has 0 bridgehead atoms. The Labute approximate surface area is 229 Å². The molecule has 208 valence electrons. The van der Waals surface area contributed by atoms with Crippen molar-refractivity contribution in [1.29, 1.82) is 0 Å². The predicted octanol–water partition coefficient (Wildman–Crippen LogP) is 5.34. The average molecular weight is 522 g/mol. The minimum atomic E-state index is -0.410. The van der Waals surface area contributed by atoms with E-state index in [4.69, 9.17) is 10.5 Å². The van der Waals surface area contributed by atoms with Crippen LogP contribution in [0.2, 0.25) is 0 Å². The molecule has 1 aliphatic carbocycles. The van der Waals surface area contributed by atoms with Crippen molar-refractivity contribution in [3.63, 3.8) is 0 Å². The lowest BCUT2D eigenvalue weighted by Crippen LogP contribution is -2.30. The number of amides is 1. The molecule has 0 saturated heterocycles. The standard InChI is InChI=1S/C14H14N4O.C10H14O.C5H13N.C2H6/c1-8-6-9(4-5-16-8)13-11-7-10(14(15)19)2-3-12(11)17-18-13;1-3-9-7-5-6-8-10(9)11-4-2;1-3-4-5-6-2;1-2/h2-7,11-12,17H,1H3,(H2,15,19);5-8H,3-4H2,1-2H3;6H,3-5H2,1-2H3;1-2H3. The van der Waals surface area contributed by atoms with E-state index in [9.17, 15) is 4.79 Å². The SMILES string of the molecule is CC.CCCCNC.CCOc1ccccc1CC.Cc1cc(C2=NNC3C=CC(C(N)=O)=CC23)ccn1. The molecule has 2 heterocycles. The Morgan fingerprint density at radius 2 is 1.89 bits per heavy atom. The molecule has 4 rings (SSSR count). The second-order valence-corrected chi connectivity index (χ2v) is 8.56. The van der Waals surface area contributed by atoms with Crippen molar-refractivity contribution < 1.29 is 9.53 Å². The van der Waals surface area contributed by atoms with E-state index in [1.807, 2.05) is 77.2 Å². The number of primary amides is 1. The number of aryl methyl sites for hydroxylation is 2. The Balaban J connectivity index is 0.000000322. The summed E-state index contributed by atoms with van der Waals surface area (Å²) < 4.78 is 5.43. The van der Waals surface area contributed by atoms with Crippen LogP contribution in [0.1, 0.15) is 64.3 Å². The Bertz CT molecular complexity index is 1060. The number of rotatable bonds is 8. The van der Waals surface area contributed by atoms with Crippen LogP contribution >= 0.6 is 0 Å². The lowest BCUT2D eigenvalue weighted by atomic mass is 9.86. The van der Waals surface area contributed by atoms with Gasteiger partial charge in [-0.05, 0) is 64.0 Å². The van der Waals surface area contributed by atoms with Crippen LogP contribution in [0.3, 0.4) is 0 Å². The fourth-order valence-corrected chi connectivity index (χ4v) is 3.84. The molecular formula is C31H47N5O2. The van der Waals surface area contributed by atoms with Gasteiger partial charge < -0.3 is 21.2 Å². The summed E-state index contributed by atoms with van der Waals surface area (Å²) in [5, 5.41) is 7.44. The second-order valence-electron chi connectivity index (χ2n) is 8.56. The highest BCUT2D eigenvalue weighted by Gasteiger charge is 2.32. The zero-order valence-electron chi connectivity index (χ0n) is 24.3. The van der Waals surface area contributed by atoms with Gasteiger partial charge in [-0.2, -0.15) is 5.10 Å². The van der Waals surface area contributed by atoms with Crippen molar-refractivity contribution in [2.24, 2.45) is 16.8 Å². The Kier molecular flexibility index (Phi) is 16.1. The summed E-state index contributed by atoms with van der Waals surface area (Å²) in [6, 6.07) is 12.2. The first-order valence-electron chi connectivity index (χ1n) is 13.8. The van der Waals surface area contributed by atoms with Gasteiger partial charge in [0.2, 0.25) is 5.91 Å². The molecule has 2 aromatic rings. The van der Waals surface area contributed by atoms with Gasteiger partial charge in [0.1, 0.15) is 5.75 Å². The molecule has 1 aliphatic heterocycles. The van der Waals surface area contributed by atoms with E-state index in [2.05, 4.69) is 40.7 Å². The maximum absolute atomic E-state index is 11.3. The molecular weight excluding hydrogens is 474 g/mol. The first-order chi connectivity index (χ1) is 18.4. The van der Waals surface area contributed by atoms with Gasteiger partial charge in [-0.25, -0.2) is 0 Å². The van der Waals surface area contributed by atoms with Crippen LogP contribution in [-0.2, 0) is 11.2 Å². The molecule has 0 radical (unpaired) electrons. The molecule has 1 amide bonds. The van der Waals surface area contributed by atoms with Gasteiger partial charge in [-0.1, -0.05) is 70.5 Å². The fourth-order valence-electron chi connectivity index (χ4n) is 3.84. The number of hydrogen-bond donors (Lipinski definition) is 3. The van der Waals surface area contributed by atoms with Gasteiger partial charge in [-0.15, -0.1) is 0 Å². The number of nitrogens with one attached hydrogen (secondary N) is 2. The van der Waals surface area contributed by atoms with E-state index in [0.717, 1.165) is 42.3 Å². The number of pyridine rings is 1. The Hall–Kier alpha value is -3.45. The van der Waals surface area contributed by atoms with Crippen LogP contribution in [0, 0.1) is 12.8 Å². The number of aromatic nitrogens is 1. The number of ether oxygens (including phenoxy) is 1. The van der Waals surface area contributed by atoms with Crippen LogP contribution < -0.4 is 21.2 Å². The maximum Gasteiger partial charge on any atom is 0.248 e. The average Bonchev–Trinajstić information content (AvgIpc) is 3.38. The lowest BCUT2D eigenvalue weighted by molar-refractivity contribution is -0.114. The molecule has 0 fully saturated rings. The third-order valence-electron chi connectivity index (χ3n) is 5.79. The maximum atomic E-state index is 11.3. The number of fused-ring (bicyclic) bond motifs is 1. The van der Waals surface area contributed by atoms with E-state index >= 15 is 0 Å². The number of carbonyl (C=O) groups excluding carboxylic acids is 1. The topological polar surface area (TPSA) is 102 Å². The second kappa shape index (κ2) is 18.7.